The summed E-state index contributed by atoms with van der Waals surface area (Å²) in [6.07, 6.45) is 5.10. The molecule has 66 heavy (non-hydrogen) atoms. The van der Waals surface area contributed by atoms with E-state index in [2.05, 4.69) is 41.4 Å². The molecule has 0 fully saturated rings. The van der Waals surface area contributed by atoms with Gasteiger partial charge in [-0.1, -0.05) is 50.6 Å². The number of aromatic hydroxyl groups is 2. The standard InChI is InChI=1S/C21H19N3O2S.C9H6O2S.C9H8OS.C8H6OS.6CH4/c1-14(2)24-18(7-10-23-24)21-15(4-3-9-22-21)13-26-19-5-6-20-16(8-11-27-20)17(19)12-25;10-5-7-6-3-4-12-9(6)2-1-8(7)11;1-10-8-2-3-9-7(6-8)4-5-11-9;9-7-1-2-8-6(5-7)3-4-10-8;;;;;;/h3-12,14H,13H2,1-2H3;1-5,11H;2-6H,1H3;1-5,9H;6*1H4. The van der Waals surface area contributed by atoms with Gasteiger partial charge in [-0.25, -0.2) is 0 Å². The highest BCUT2D eigenvalue weighted by Gasteiger charge is 2.15. The number of hydrogen-bond donors (Lipinski definition) is 2. The summed E-state index contributed by atoms with van der Waals surface area (Å²) in [4.78, 5) is 26.8. The summed E-state index contributed by atoms with van der Waals surface area (Å²) < 4.78 is 17.7. The minimum Gasteiger partial charge on any atom is -0.508 e. The Bertz CT molecular complexity index is 3010. The van der Waals surface area contributed by atoms with Gasteiger partial charge in [0.25, 0.3) is 0 Å². The van der Waals surface area contributed by atoms with Crippen molar-refractivity contribution in [1.29, 1.82) is 0 Å². The van der Waals surface area contributed by atoms with Crippen molar-refractivity contribution >= 4 is 98.3 Å². The number of carbonyl (C=O) groups excluding carboxylic acids is 2. The molecular formula is C53H63N3O6S4. The number of pyridine rings is 1. The van der Waals surface area contributed by atoms with Crippen LogP contribution in [-0.2, 0) is 6.61 Å². The van der Waals surface area contributed by atoms with Crippen molar-refractivity contribution in [2.45, 2.75) is 71.1 Å². The van der Waals surface area contributed by atoms with E-state index in [0.717, 1.165) is 54.5 Å². The van der Waals surface area contributed by atoms with Crippen molar-refractivity contribution < 1.29 is 29.3 Å². The van der Waals surface area contributed by atoms with E-state index in [0.29, 0.717) is 35.5 Å². The quantitative estimate of drug-likeness (QED) is 0.144. The van der Waals surface area contributed by atoms with E-state index >= 15 is 0 Å². The van der Waals surface area contributed by atoms with Gasteiger partial charge in [0.2, 0.25) is 0 Å². The van der Waals surface area contributed by atoms with E-state index in [-0.39, 0.29) is 56.4 Å². The van der Waals surface area contributed by atoms with E-state index in [4.69, 9.17) is 14.6 Å². The lowest BCUT2D eigenvalue weighted by Gasteiger charge is -2.14. The number of hydrogen-bond acceptors (Lipinski definition) is 12. The van der Waals surface area contributed by atoms with Crippen LogP contribution in [0.1, 0.15) is 90.7 Å². The normalized spacial score (nSPS) is 9.76. The number of carbonyl (C=O) groups is 2. The van der Waals surface area contributed by atoms with Gasteiger partial charge in [-0.05, 0) is 143 Å². The third kappa shape index (κ3) is 13.4. The Hall–Kier alpha value is -6.38. The Morgan fingerprint density at radius 1 is 0.636 bits per heavy atom. The summed E-state index contributed by atoms with van der Waals surface area (Å²) in [5, 5.41) is 34.9. The van der Waals surface area contributed by atoms with E-state index in [1.54, 1.807) is 83.0 Å². The van der Waals surface area contributed by atoms with E-state index in [1.807, 2.05) is 93.6 Å². The predicted molar refractivity (Wildman–Crippen MR) is 289 cm³/mol. The van der Waals surface area contributed by atoms with Crippen molar-refractivity contribution in [3.8, 4) is 34.4 Å². The first kappa shape index (κ1) is 57.6. The SMILES string of the molecule is C.C.C.C.C.C.CC(C)n1nccc1-c1ncccc1COc1ccc2sccc2c1C=O.COc1ccc2sccc2c1.O=Cc1c(O)ccc2sccc12.Oc1ccc2sccc2c1. The first-order chi connectivity index (χ1) is 29.3. The summed E-state index contributed by atoms with van der Waals surface area (Å²) >= 11 is 6.60. The van der Waals surface area contributed by atoms with Gasteiger partial charge in [0, 0.05) is 53.6 Å². The number of phenolic OH excluding ortho intramolecular Hbond substituents is 2. The molecule has 0 aliphatic heterocycles. The molecule has 0 bridgehead atoms. The predicted octanol–water partition coefficient (Wildman–Crippen LogP) is 16.9. The van der Waals surface area contributed by atoms with Gasteiger partial charge in [-0.15, -0.1) is 45.3 Å². The Morgan fingerprint density at radius 2 is 1.20 bits per heavy atom. The molecule has 0 radical (unpaired) electrons. The zero-order chi connectivity index (χ0) is 42.0. The molecule has 2 N–H and O–H groups in total. The van der Waals surface area contributed by atoms with Crippen LogP contribution in [0.25, 0.3) is 51.7 Å². The number of thiophene rings is 4. The van der Waals surface area contributed by atoms with Crippen LogP contribution in [0.4, 0.5) is 0 Å². The van der Waals surface area contributed by atoms with Crippen LogP contribution in [0.15, 0.2) is 137 Å². The van der Waals surface area contributed by atoms with Crippen LogP contribution < -0.4 is 9.47 Å². The zero-order valence-corrected chi connectivity index (χ0v) is 36.0. The van der Waals surface area contributed by atoms with Crippen LogP contribution in [-0.4, -0.2) is 44.7 Å². The first-order valence-corrected chi connectivity index (χ1v) is 22.2. The summed E-state index contributed by atoms with van der Waals surface area (Å²) in [6, 6.07) is 32.7. The second kappa shape index (κ2) is 27.2. The number of aromatic nitrogens is 3. The lowest BCUT2D eigenvalue weighted by molar-refractivity contribution is 0.111. The van der Waals surface area contributed by atoms with Crippen LogP contribution in [0.3, 0.4) is 0 Å². The van der Waals surface area contributed by atoms with Crippen LogP contribution >= 0.6 is 45.3 Å². The summed E-state index contributed by atoms with van der Waals surface area (Å²) in [5.41, 5.74) is 3.71. The fraction of sp³-hybridized carbons (Fsp3) is 0.208. The van der Waals surface area contributed by atoms with Gasteiger partial charge in [0.05, 0.1) is 29.6 Å². The van der Waals surface area contributed by atoms with Crippen LogP contribution in [0.2, 0.25) is 0 Å². The topological polar surface area (TPSA) is 124 Å². The van der Waals surface area contributed by atoms with Gasteiger partial charge < -0.3 is 19.7 Å². The average Bonchev–Trinajstić information content (AvgIpc) is 4.13. The maximum atomic E-state index is 11.6. The molecular weight excluding hydrogens is 903 g/mol. The molecule has 9 nitrogen and oxygen atoms in total. The monoisotopic (exact) mass is 965 g/mol. The molecule has 0 saturated heterocycles. The number of aldehydes is 2. The average molecular weight is 966 g/mol. The third-order valence-corrected chi connectivity index (χ3v) is 12.9. The van der Waals surface area contributed by atoms with Crippen molar-refractivity contribution in [2.75, 3.05) is 7.11 Å². The molecule has 6 aromatic heterocycles. The number of rotatable bonds is 8. The Kier molecular flexibility index (Phi) is 23.7. The van der Waals surface area contributed by atoms with Crippen LogP contribution in [0.5, 0.6) is 23.0 Å². The lowest BCUT2D eigenvalue weighted by Crippen LogP contribution is -2.08. The fourth-order valence-corrected chi connectivity index (χ4v) is 9.50. The smallest absolute Gasteiger partial charge is 0.154 e. The van der Waals surface area contributed by atoms with Gasteiger partial charge in [0.1, 0.15) is 29.6 Å². The number of ether oxygens (including phenoxy) is 2. The molecule has 0 spiro atoms. The van der Waals surface area contributed by atoms with Gasteiger partial charge in [0.15, 0.2) is 12.6 Å². The highest BCUT2D eigenvalue weighted by atomic mass is 32.1. The molecule has 0 saturated carbocycles. The number of methoxy groups -OCH3 is 1. The van der Waals surface area contributed by atoms with Gasteiger partial charge >= 0.3 is 0 Å². The van der Waals surface area contributed by atoms with E-state index < -0.39 is 0 Å². The molecule has 0 amide bonds. The maximum absolute atomic E-state index is 11.6. The minimum atomic E-state index is 0. The zero-order valence-electron chi connectivity index (χ0n) is 32.7. The molecule has 0 aliphatic carbocycles. The number of benzene rings is 4. The van der Waals surface area contributed by atoms with Crippen molar-refractivity contribution in [3.05, 3.63) is 154 Å². The van der Waals surface area contributed by atoms with Crippen LogP contribution in [0, 0.1) is 0 Å². The first-order valence-electron chi connectivity index (χ1n) is 18.7. The highest BCUT2D eigenvalue weighted by Crippen LogP contribution is 2.33. The van der Waals surface area contributed by atoms with E-state index in [1.165, 1.54) is 14.8 Å². The molecule has 4 aromatic carbocycles. The van der Waals surface area contributed by atoms with Crippen molar-refractivity contribution in [2.24, 2.45) is 0 Å². The van der Waals surface area contributed by atoms with E-state index in [9.17, 15) is 14.7 Å². The van der Waals surface area contributed by atoms with Crippen molar-refractivity contribution in [3.63, 3.8) is 0 Å². The molecule has 0 aliphatic rings. The second-order valence-corrected chi connectivity index (χ2v) is 17.2. The molecule has 10 aromatic rings. The highest BCUT2D eigenvalue weighted by molar-refractivity contribution is 7.18. The third-order valence-electron chi connectivity index (χ3n) is 9.30. The Balaban J connectivity index is 0.000000470. The molecule has 6 heterocycles. The summed E-state index contributed by atoms with van der Waals surface area (Å²) in [5.74, 6) is 1.90. The fourth-order valence-electron chi connectivity index (χ4n) is 6.35. The summed E-state index contributed by atoms with van der Waals surface area (Å²) in [6.45, 7) is 4.49. The second-order valence-electron chi connectivity index (χ2n) is 13.4. The Morgan fingerprint density at radius 3 is 1.82 bits per heavy atom. The lowest BCUT2D eigenvalue weighted by atomic mass is 10.1. The molecule has 0 atom stereocenters. The van der Waals surface area contributed by atoms with Crippen molar-refractivity contribution in [1.82, 2.24) is 14.8 Å². The maximum Gasteiger partial charge on any atom is 0.154 e. The number of phenols is 2. The molecule has 13 heteroatoms. The largest absolute Gasteiger partial charge is 0.508 e. The van der Waals surface area contributed by atoms with Gasteiger partial charge in [-0.2, -0.15) is 5.10 Å². The summed E-state index contributed by atoms with van der Waals surface area (Å²) in [7, 11) is 1.69. The van der Waals surface area contributed by atoms with Gasteiger partial charge in [-0.3, -0.25) is 19.3 Å². The Labute approximate surface area is 406 Å². The molecule has 350 valence electrons. The molecule has 10 rings (SSSR count). The molecule has 0 unspecified atom stereocenters. The number of fused-ring (bicyclic) bond motifs is 4. The minimum absolute atomic E-state index is 0. The number of nitrogens with zero attached hydrogens (tertiary/aromatic N) is 3.